The highest BCUT2D eigenvalue weighted by atomic mass is 16.1. The van der Waals surface area contributed by atoms with Crippen molar-refractivity contribution in [1.29, 1.82) is 0 Å². The van der Waals surface area contributed by atoms with Crippen LogP contribution in [0.4, 0.5) is 0 Å². The van der Waals surface area contributed by atoms with E-state index in [9.17, 15) is 4.79 Å². The molecule has 0 bridgehead atoms. The molecule has 1 aliphatic carbocycles. The zero-order valence-corrected chi connectivity index (χ0v) is 12.5. The van der Waals surface area contributed by atoms with Crippen molar-refractivity contribution in [3.63, 3.8) is 0 Å². The zero-order chi connectivity index (χ0) is 14.0. The number of aryl methyl sites for hydroxylation is 1. The molecule has 1 aromatic carbocycles. The third kappa shape index (κ3) is 2.97. The highest BCUT2D eigenvalue weighted by Crippen LogP contribution is 2.38. The van der Waals surface area contributed by atoms with Crippen molar-refractivity contribution in [2.75, 3.05) is 0 Å². The predicted molar refractivity (Wildman–Crippen MR) is 81.4 cm³/mol. The molecule has 0 radical (unpaired) electrons. The Kier molecular flexibility index (Phi) is 4.24. The van der Waals surface area contributed by atoms with Crippen molar-refractivity contribution >= 4 is 11.4 Å². The molecule has 1 heteroatoms. The van der Waals surface area contributed by atoms with Gasteiger partial charge in [-0.25, -0.2) is 0 Å². The van der Waals surface area contributed by atoms with Crippen molar-refractivity contribution in [1.82, 2.24) is 0 Å². The standard InChI is InChI=1S/C18H24O/c1-5-15-8-6-12(2)10-18(15)17-11-16(14(4)19)9-7-13(17)3/h7,9,11-12H,5-6,8,10H2,1-4H3. The van der Waals surface area contributed by atoms with Gasteiger partial charge in [-0.1, -0.05) is 31.6 Å². The molecular weight excluding hydrogens is 232 g/mol. The van der Waals surface area contributed by atoms with E-state index in [-0.39, 0.29) is 5.78 Å². The Morgan fingerprint density at radius 1 is 1.37 bits per heavy atom. The van der Waals surface area contributed by atoms with E-state index in [4.69, 9.17) is 0 Å². The molecule has 0 N–H and O–H groups in total. The van der Waals surface area contributed by atoms with Crippen LogP contribution in [0.2, 0.25) is 0 Å². The molecule has 0 saturated carbocycles. The van der Waals surface area contributed by atoms with Gasteiger partial charge in [0.1, 0.15) is 0 Å². The molecule has 0 amide bonds. The van der Waals surface area contributed by atoms with E-state index < -0.39 is 0 Å². The Balaban J connectivity index is 2.52. The van der Waals surface area contributed by atoms with Gasteiger partial charge in [0.05, 0.1) is 0 Å². The van der Waals surface area contributed by atoms with Crippen molar-refractivity contribution in [3.8, 4) is 0 Å². The monoisotopic (exact) mass is 256 g/mol. The van der Waals surface area contributed by atoms with Gasteiger partial charge in [-0.3, -0.25) is 4.79 Å². The summed E-state index contributed by atoms with van der Waals surface area (Å²) < 4.78 is 0. The molecule has 1 unspecified atom stereocenters. The lowest BCUT2D eigenvalue weighted by Crippen LogP contribution is -2.08. The highest BCUT2D eigenvalue weighted by Gasteiger charge is 2.19. The predicted octanol–water partition coefficient (Wildman–Crippen LogP) is 5.18. The van der Waals surface area contributed by atoms with Crippen LogP contribution < -0.4 is 0 Å². The average Bonchev–Trinajstić information content (AvgIpc) is 2.39. The van der Waals surface area contributed by atoms with E-state index >= 15 is 0 Å². The number of rotatable bonds is 3. The Bertz CT molecular complexity index is 522. The topological polar surface area (TPSA) is 17.1 Å². The summed E-state index contributed by atoms with van der Waals surface area (Å²) in [5, 5.41) is 0. The highest BCUT2D eigenvalue weighted by molar-refractivity contribution is 5.95. The van der Waals surface area contributed by atoms with Crippen molar-refractivity contribution in [2.45, 2.75) is 53.4 Å². The first-order valence-electron chi connectivity index (χ1n) is 7.35. The number of ketones is 1. The van der Waals surface area contributed by atoms with Gasteiger partial charge in [0.25, 0.3) is 0 Å². The minimum absolute atomic E-state index is 0.156. The summed E-state index contributed by atoms with van der Waals surface area (Å²) in [5.74, 6) is 0.912. The van der Waals surface area contributed by atoms with E-state index in [0.717, 1.165) is 24.3 Å². The van der Waals surface area contributed by atoms with Crippen molar-refractivity contribution < 1.29 is 4.79 Å². The van der Waals surface area contributed by atoms with Gasteiger partial charge in [0.15, 0.2) is 5.78 Å². The molecule has 0 fully saturated rings. The van der Waals surface area contributed by atoms with Gasteiger partial charge < -0.3 is 0 Å². The number of carbonyl (C=O) groups is 1. The number of allylic oxidation sites excluding steroid dienone is 2. The third-order valence-electron chi connectivity index (χ3n) is 4.31. The third-order valence-corrected chi connectivity index (χ3v) is 4.31. The van der Waals surface area contributed by atoms with Gasteiger partial charge in [-0.05, 0) is 68.2 Å². The number of benzene rings is 1. The Hall–Kier alpha value is -1.37. The van der Waals surface area contributed by atoms with Gasteiger partial charge in [0, 0.05) is 5.56 Å². The molecule has 0 saturated heterocycles. The minimum Gasteiger partial charge on any atom is -0.295 e. The minimum atomic E-state index is 0.156. The lowest BCUT2D eigenvalue weighted by atomic mass is 9.79. The quantitative estimate of drug-likeness (QED) is 0.681. The van der Waals surface area contributed by atoms with Crippen LogP contribution in [0.1, 0.15) is 67.9 Å². The Labute approximate surface area is 116 Å². The lowest BCUT2D eigenvalue weighted by Gasteiger charge is -2.26. The summed E-state index contributed by atoms with van der Waals surface area (Å²) in [6.07, 6.45) is 4.81. The van der Waals surface area contributed by atoms with Crippen LogP contribution in [0.3, 0.4) is 0 Å². The Morgan fingerprint density at radius 3 is 2.74 bits per heavy atom. The molecule has 0 aromatic heterocycles. The van der Waals surface area contributed by atoms with Crippen molar-refractivity contribution in [2.24, 2.45) is 5.92 Å². The maximum absolute atomic E-state index is 11.6. The first-order chi connectivity index (χ1) is 9.02. The molecule has 0 heterocycles. The second-order valence-electron chi connectivity index (χ2n) is 5.87. The summed E-state index contributed by atoms with van der Waals surface area (Å²) in [7, 11) is 0. The van der Waals surface area contributed by atoms with Crippen LogP contribution in [0.5, 0.6) is 0 Å². The van der Waals surface area contributed by atoms with Crippen LogP contribution in [-0.2, 0) is 0 Å². The SMILES string of the molecule is CCC1=C(c2cc(C(C)=O)ccc2C)CC(C)CC1. The average molecular weight is 256 g/mol. The van der Waals surface area contributed by atoms with Gasteiger partial charge >= 0.3 is 0 Å². The summed E-state index contributed by atoms with van der Waals surface area (Å²) >= 11 is 0. The van der Waals surface area contributed by atoms with Crippen LogP contribution in [0.25, 0.3) is 5.57 Å². The number of hydrogen-bond acceptors (Lipinski definition) is 1. The van der Waals surface area contributed by atoms with E-state index in [1.807, 2.05) is 6.07 Å². The molecule has 1 nitrogen and oxygen atoms in total. The van der Waals surface area contributed by atoms with Crippen molar-refractivity contribution in [3.05, 3.63) is 40.5 Å². The molecule has 1 aromatic rings. The molecule has 19 heavy (non-hydrogen) atoms. The molecule has 102 valence electrons. The maximum atomic E-state index is 11.6. The lowest BCUT2D eigenvalue weighted by molar-refractivity contribution is 0.101. The fourth-order valence-corrected chi connectivity index (χ4v) is 3.02. The maximum Gasteiger partial charge on any atom is 0.159 e. The summed E-state index contributed by atoms with van der Waals surface area (Å²) in [4.78, 5) is 11.6. The van der Waals surface area contributed by atoms with Crippen LogP contribution >= 0.6 is 0 Å². The van der Waals surface area contributed by atoms with Gasteiger partial charge in [-0.15, -0.1) is 0 Å². The molecule has 2 rings (SSSR count). The summed E-state index contributed by atoms with van der Waals surface area (Å²) in [5.41, 5.74) is 6.52. The van der Waals surface area contributed by atoms with E-state index in [0.29, 0.717) is 0 Å². The van der Waals surface area contributed by atoms with Crippen LogP contribution in [-0.4, -0.2) is 5.78 Å². The van der Waals surface area contributed by atoms with E-state index in [2.05, 4.69) is 32.9 Å². The molecule has 0 spiro atoms. The second-order valence-corrected chi connectivity index (χ2v) is 5.87. The largest absolute Gasteiger partial charge is 0.295 e. The fourth-order valence-electron chi connectivity index (χ4n) is 3.02. The van der Waals surface area contributed by atoms with Gasteiger partial charge in [-0.2, -0.15) is 0 Å². The normalized spacial score (nSPS) is 19.7. The second kappa shape index (κ2) is 5.73. The number of Topliss-reactive ketones (excluding diaryl/α,β-unsaturated/α-hetero) is 1. The number of carbonyl (C=O) groups excluding carboxylic acids is 1. The summed E-state index contributed by atoms with van der Waals surface area (Å²) in [6.45, 7) is 8.37. The van der Waals surface area contributed by atoms with E-state index in [1.54, 1.807) is 12.5 Å². The summed E-state index contributed by atoms with van der Waals surface area (Å²) in [6, 6.07) is 6.13. The fraction of sp³-hybridized carbons (Fsp3) is 0.500. The molecule has 0 aliphatic heterocycles. The van der Waals surface area contributed by atoms with Gasteiger partial charge in [0.2, 0.25) is 0 Å². The first kappa shape index (κ1) is 14.0. The molecular formula is C18H24O. The Morgan fingerprint density at radius 2 is 2.11 bits per heavy atom. The van der Waals surface area contributed by atoms with Crippen LogP contribution in [0, 0.1) is 12.8 Å². The molecule has 1 atom stereocenters. The van der Waals surface area contributed by atoms with Crippen LogP contribution in [0.15, 0.2) is 23.8 Å². The van der Waals surface area contributed by atoms with E-state index in [1.165, 1.54) is 29.5 Å². The smallest absolute Gasteiger partial charge is 0.159 e. The molecule has 1 aliphatic rings. The number of hydrogen-bond donors (Lipinski definition) is 0. The first-order valence-corrected chi connectivity index (χ1v) is 7.35. The zero-order valence-electron chi connectivity index (χ0n) is 12.5.